The molecule has 1 rings (SSSR count). The lowest BCUT2D eigenvalue weighted by molar-refractivity contribution is -0.210. The fraction of sp³-hybridized carbons (Fsp3) is 1.00. The number of aliphatic hydroxyl groups is 3. The molecule has 0 aliphatic carbocycles. The molecule has 1 aliphatic rings. The Kier molecular flexibility index (Phi) is 8.59. The first-order valence-corrected chi connectivity index (χ1v) is 16.1. The first-order valence-electron chi connectivity index (χ1n) is 10.8. The molecule has 1 heterocycles. The lowest BCUT2D eigenvalue weighted by Crippen LogP contribution is -2.70. The first kappa shape index (κ1) is 26.3. The summed E-state index contributed by atoms with van der Waals surface area (Å²) in [5, 5.41) is 32.3. The average Bonchev–Trinajstić information content (AvgIpc) is 2.52. The predicted molar refractivity (Wildman–Crippen MR) is 121 cm³/mol. The molecule has 1 aliphatic heterocycles. The van der Waals surface area contributed by atoms with E-state index in [4.69, 9.17) is 9.16 Å². The molecule has 1 fully saturated rings. The fourth-order valence-electron chi connectivity index (χ4n) is 4.99. The van der Waals surface area contributed by atoms with Gasteiger partial charge in [0.05, 0.1) is 20.4 Å². The molecule has 168 valence electrons. The van der Waals surface area contributed by atoms with Crippen LogP contribution in [0.5, 0.6) is 0 Å². The van der Waals surface area contributed by atoms with E-state index < -0.39 is 46.5 Å². The summed E-state index contributed by atoms with van der Waals surface area (Å²) in [7, 11) is -4.22. The number of hydrogen-bond donors (Lipinski definition) is 3. The van der Waals surface area contributed by atoms with Crippen LogP contribution >= 0.6 is 0 Å². The third-order valence-electron chi connectivity index (χ3n) is 7.62. The Morgan fingerprint density at radius 2 is 1.25 bits per heavy atom. The highest BCUT2D eigenvalue weighted by Gasteiger charge is 2.58. The second kappa shape index (κ2) is 9.16. The zero-order valence-electron chi connectivity index (χ0n) is 20.0. The van der Waals surface area contributed by atoms with Gasteiger partial charge in [-0.25, -0.2) is 0 Å². The molecule has 5 nitrogen and oxygen atoms in total. The van der Waals surface area contributed by atoms with Crippen LogP contribution < -0.4 is 0 Å². The summed E-state index contributed by atoms with van der Waals surface area (Å²) in [6, 6.07) is 0. The third-order valence-corrected chi connectivity index (χ3v) is 19.6. The standard InChI is InChI=1S/C21H46O5Si2/c1-13(2)28(14(3)4,15(5)6)20-19(24)18(23)17(22)16(26-20)12-25-27(10,11)21(7,8)9/h13-20,22-24H,12H2,1-11H3/t16-,17+,18+,19-,20+/m1/s1. The van der Waals surface area contributed by atoms with E-state index >= 15 is 0 Å². The summed E-state index contributed by atoms with van der Waals surface area (Å²) in [6.07, 6.45) is -4.05. The molecule has 0 saturated carbocycles. The van der Waals surface area contributed by atoms with E-state index in [9.17, 15) is 15.3 Å². The van der Waals surface area contributed by atoms with E-state index in [1.807, 2.05) is 0 Å². The molecule has 0 bridgehead atoms. The van der Waals surface area contributed by atoms with Gasteiger partial charge < -0.3 is 24.5 Å². The molecular weight excluding hydrogens is 388 g/mol. The number of rotatable bonds is 7. The maximum absolute atomic E-state index is 10.9. The minimum atomic E-state index is -2.20. The molecule has 3 N–H and O–H groups in total. The van der Waals surface area contributed by atoms with Gasteiger partial charge in [0.15, 0.2) is 8.32 Å². The monoisotopic (exact) mass is 434 g/mol. The molecule has 0 unspecified atom stereocenters. The molecule has 0 spiro atoms. The Bertz CT molecular complexity index is 480. The van der Waals surface area contributed by atoms with Crippen molar-refractivity contribution in [1.29, 1.82) is 0 Å². The van der Waals surface area contributed by atoms with E-state index in [0.29, 0.717) is 16.6 Å². The van der Waals surface area contributed by atoms with Crippen LogP contribution in [0.2, 0.25) is 34.8 Å². The molecule has 7 heteroatoms. The van der Waals surface area contributed by atoms with E-state index in [0.717, 1.165) is 0 Å². The molecular formula is C21H46O5Si2. The molecule has 0 aromatic heterocycles. The molecule has 5 atom stereocenters. The van der Waals surface area contributed by atoms with Crippen LogP contribution in [-0.2, 0) is 9.16 Å². The SMILES string of the molecule is CC(C)[Si](C(C)C)(C(C)C)[C@@H]1O[C@H](CO[Si](C)(C)C(C)(C)C)[C@H](O)[C@H](O)[C@H]1O. The van der Waals surface area contributed by atoms with Gasteiger partial charge in [-0.15, -0.1) is 0 Å². The number of ether oxygens (including phenoxy) is 1. The molecule has 1 saturated heterocycles. The number of hydrogen-bond acceptors (Lipinski definition) is 5. The average molecular weight is 435 g/mol. The van der Waals surface area contributed by atoms with Crippen LogP contribution in [0.4, 0.5) is 0 Å². The van der Waals surface area contributed by atoms with Crippen molar-refractivity contribution in [3.05, 3.63) is 0 Å². The van der Waals surface area contributed by atoms with Crippen molar-refractivity contribution in [2.24, 2.45) is 0 Å². The minimum Gasteiger partial charge on any atom is -0.414 e. The Balaban J connectivity index is 3.22. The van der Waals surface area contributed by atoms with Gasteiger partial charge in [-0.2, -0.15) is 0 Å². The van der Waals surface area contributed by atoms with Crippen molar-refractivity contribution in [3.8, 4) is 0 Å². The predicted octanol–water partition coefficient (Wildman–Crippen LogP) is 4.08. The van der Waals surface area contributed by atoms with Crippen molar-refractivity contribution in [1.82, 2.24) is 0 Å². The van der Waals surface area contributed by atoms with Gasteiger partial charge in [0.25, 0.3) is 0 Å². The highest BCUT2D eigenvalue weighted by molar-refractivity contribution is 6.84. The quantitative estimate of drug-likeness (QED) is 0.526. The lowest BCUT2D eigenvalue weighted by atomic mass is 10.0. The smallest absolute Gasteiger partial charge is 0.192 e. The molecule has 0 aromatic rings. The maximum Gasteiger partial charge on any atom is 0.192 e. The Morgan fingerprint density at radius 3 is 1.61 bits per heavy atom. The zero-order chi connectivity index (χ0) is 22.2. The summed E-state index contributed by atoms with van der Waals surface area (Å²) in [6.45, 7) is 24.4. The first-order chi connectivity index (χ1) is 12.5. The van der Waals surface area contributed by atoms with E-state index in [2.05, 4.69) is 75.4 Å². The van der Waals surface area contributed by atoms with Crippen molar-refractivity contribution < 1.29 is 24.5 Å². The zero-order valence-corrected chi connectivity index (χ0v) is 22.0. The molecule has 0 amide bonds. The summed E-state index contributed by atoms with van der Waals surface area (Å²) < 4.78 is 12.7. The molecule has 28 heavy (non-hydrogen) atoms. The minimum absolute atomic E-state index is 0.0520. The highest BCUT2D eigenvalue weighted by atomic mass is 28.4. The highest BCUT2D eigenvalue weighted by Crippen LogP contribution is 2.48. The van der Waals surface area contributed by atoms with Gasteiger partial charge in [-0.3, -0.25) is 0 Å². The van der Waals surface area contributed by atoms with E-state index in [-0.39, 0.29) is 11.6 Å². The van der Waals surface area contributed by atoms with Crippen molar-refractivity contribution in [3.63, 3.8) is 0 Å². The van der Waals surface area contributed by atoms with E-state index in [1.54, 1.807) is 0 Å². The van der Waals surface area contributed by atoms with Crippen LogP contribution in [0.3, 0.4) is 0 Å². The van der Waals surface area contributed by atoms with Gasteiger partial charge in [0.2, 0.25) is 0 Å². The largest absolute Gasteiger partial charge is 0.414 e. The van der Waals surface area contributed by atoms with Crippen molar-refractivity contribution in [2.75, 3.05) is 6.61 Å². The summed E-state index contributed by atoms with van der Waals surface area (Å²) in [5.41, 5.74) is 0.684. The van der Waals surface area contributed by atoms with E-state index in [1.165, 1.54) is 0 Å². The van der Waals surface area contributed by atoms with Gasteiger partial charge >= 0.3 is 0 Å². The Labute approximate surface area is 175 Å². The Morgan fingerprint density at radius 1 is 0.821 bits per heavy atom. The van der Waals surface area contributed by atoms with Crippen LogP contribution in [0.25, 0.3) is 0 Å². The van der Waals surface area contributed by atoms with Crippen molar-refractivity contribution >= 4 is 16.4 Å². The third kappa shape index (κ3) is 4.76. The lowest BCUT2D eigenvalue weighted by Gasteiger charge is -2.54. The summed E-state index contributed by atoms with van der Waals surface area (Å²) in [5.74, 6) is 0. The second-order valence-corrected chi connectivity index (χ2v) is 21.9. The van der Waals surface area contributed by atoms with Gasteiger partial charge in [0.1, 0.15) is 24.4 Å². The van der Waals surface area contributed by atoms with Gasteiger partial charge in [-0.05, 0) is 34.8 Å². The fourth-order valence-corrected chi connectivity index (χ4v) is 13.2. The normalized spacial score (nSPS) is 30.5. The van der Waals surface area contributed by atoms with Gasteiger partial charge in [-0.1, -0.05) is 62.3 Å². The second-order valence-electron chi connectivity index (χ2n) is 11.1. The van der Waals surface area contributed by atoms with Crippen LogP contribution in [-0.4, -0.2) is 68.5 Å². The molecule has 0 radical (unpaired) electrons. The van der Waals surface area contributed by atoms with Crippen molar-refractivity contribution in [2.45, 2.75) is 127 Å². The Hall–Kier alpha value is 0.234. The van der Waals surface area contributed by atoms with Crippen LogP contribution in [0, 0.1) is 0 Å². The van der Waals surface area contributed by atoms with Gasteiger partial charge in [0, 0.05) is 0 Å². The summed E-state index contributed by atoms with van der Waals surface area (Å²) in [4.78, 5) is 0. The van der Waals surface area contributed by atoms with Crippen LogP contribution in [0.15, 0.2) is 0 Å². The number of aliphatic hydroxyl groups excluding tert-OH is 3. The topological polar surface area (TPSA) is 79.2 Å². The molecule has 0 aromatic carbocycles. The van der Waals surface area contributed by atoms with Crippen LogP contribution in [0.1, 0.15) is 62.3 Å². The summed E-state index contributed by atoms with van der Waals surface area (Å²) >= 11 is 0. The maximum atomic E-state index is 10.9.